The number of hydrogen-bond donors (Lipinski definition) is 2. The average Bonchev–Trinajstić information content (AvgIpc) is 2.89. The molecule has 1 amide bonds. The molecular formula is C14H18N4O2. The molecule has 0 spiro atoms. The van der Waals surface area contributed by atoms with Crippen LogP contribution in [0.3, 0.4) is 0 Å². The lowest BCUT2D eigenvalue weighted by atomic mass is 10.1. The molecule has 0 bridgehead atoms. The van der Waals surface area contributed by atoms with Crippen LogP contribution in [0.5, 0.6) is 0 Å². The van der Waals surface area contributed by atoms with Gasteiger partial charge in [-0.15, -0.1) is 0 Å². The Hall–Kier alpha value is -2.18. The zero-order valence-corrected chi connectivity index (χ0v) is 11.6. The minimum atomic E-state index is -0.457. The van der Waals surface area contributed by atoms with E-state index >= 15 is 0 Å². The van der Waals surface area contributed by atoms with Crippen molar-refractivity contribution in [3.63, 3.8) is 0 Å². The van der Waals surface area contributed by atoms with Gasteiger partial charge >= 0.3 is 0 Å². The fourth-order valence-electron chi connectivity index (χ4n) is 1.97. The van der Waals surface area contributed by atoms with Crippen molar-refractivity contribution < 1.29 is 9.32 Å². The summed E-state index contributed by atoms with van der Waals surface area (Å²) in [6, 6.07) is 9.82. The van der Waals surface area contributed by atoms with E-state index in [1.165, 1.54) is 11.1 Å². The molecule has 0 aliphatic heterocycles. The van der Waals surface area contributed by atoms with Crippen LogP contribution >= 0.6 is 0 Å². The number of nitrogens with zero attached hydrogens (tertiary/aromatic N) is 2. The largest absolute Gasteiger partial charge is 0.359 e. The Kier molecular flexibility index (Phi) is 4.49. The number of nitrogens with one attached hydrogen (secondary N) is 1. The summed E-state index contributed by atoms with van der Waals surface area (Å²) in [6.07, 6.45) is 0. The first-order valence-corrected chi connectivity index (χ1v) is 6.29. The molecule has 2 aromatic rings. The van der Waals surface area contributed by atoms with E-state index in [0.29, 0.717) is 12.3 Å². The van der Waals surface area contributed by atoms with Gasteiger partial charge in [0.05, 0.1) is 6.54 Å². The second kappa shape index (κ2) is 6.31. The number of hydrogen-bond acceptors (Lipinski definition) is 5. The van der Waals surface area contributed by atoms with Gasteiger partial charge < -0.3 is 4.52 Å². The van der Waals surface area contributed by atoms with Gasteiger partial charge in [-0.25, -0.2) is 5.84 Å². The van der Waals surface area contributed by atoms with E-state index in [1.54, 1.807) is 6.07 Å². The molecule has 0 atom stereocenters. The van der Waals surface area contributed by atoms with Crippen molar-refractivity contribution >= 4 is 5.91 Å². The number of aromatic nitrogens is 1. The van der Waals surface area contributed by atoms with Crippen molar-refractivity contribution in [1.29, 1.82) is 0 Å². The van der Waals surface area contributed by atoms with Crippen LogP contribution in [0, 0.1) is 6.92 Å². The fraction of sp³-hybridized carbons (Fsp3) is 0.286. The van der Waals surface area contributed by atoms with Crippen LogP contribution in [0.15, 0.2) is 34.9 Å². The van der Waals surface area contributed by atoms with Crippen LogP contribution in [0.25, 0.3) is 0 Å². The van der Waals surface area contributed by atoms with Crippen molar-refractivity contribution in [3.05, 3.63) is 52.9 Å². The molecule has 0 aliphatic carbocycles. The van der Waals surface area contributed by atoms with Gasteiger partial charge in [-0.2, -0.15) is 0 Å². The maximum Gasteiger partial charge on any atom is 0.287 e. The van der Waals surface area contributed by atoms with Gasteiger partial charge in [-0.3, -0.25) is 15.1 Å². The highest BCUT2D eigenvalue weighted by atomic mass is 16.5. The van der Waals surface area contributed by atoms with Crippen LogP contribution in [0.4, 0.5) is 0 Å². The highest BCUT2D eigenvalue weighted by Gasteiger charge is 2.12. The van der Waals surface area contributed by atoms with E-state index in [4.69, 9.17) is 10.4 Å². The maximum atomic E-state index is 11.3. The Morgan fingerprint density at radius 3 is 2.85 bits per heavy atom. The highest BCUT2D eigenvalue weighted by molar-refractivity contribution is 5.91. The third kappa shape index (κ3) is 3.43. The summed E-state index contributed by atoms with van der Waals surface area (Å²) >= 11 is 0. The molecule has 1 aromatic carbocycles. The molecule has 6 heteroatoms. The number of rotatable bonds is 5. The molecule has 0 saturated carbocycles. The molecule has 0 saturated heterocycles. The van der Waals surface area contributed by atoms with Crippen molar-refractivity contribution in [2.24, 2.45) is 5.84 Å². The van der Waals surface area contributed by atoms with Crippen LogP contribution in [-0.2, 0) is 13.1 Å². The van der Waals surface area contributed by atoms with Gasteiger partial charge in [0.25, 0.3) is 5.91 Å². The second-order valence-electron chi connectivity index (χ2n) is 4.75. The predicted octanol–water partition coefficient (Wildman–Crippen LogP) is 1.22. The van der Waals surface area contributed by atoms with Crippen molar-refractivity contribution in [3.8, 4) is 0 Å². The summed E-state index contributed by atoms with van der Waals surface area (Å²) in [7, 11) is 1.98. The number of hydrazine groups is 1. The zero-order valence-electron chi connectivity index (χ0n) is 11.6. The standard InChI is InChI=1S/C14H18N4O2/c1-10-5-3-4-6-11(10)8-18(2)9-12-7-13(17-20-12)14(19)16-15/h3-7H,8-9,15H2,1-2H3,(H,16,19). The van der Waals surface area contributed by atoms with Crippen molar-refractivity contribution in [2.75, 3.05) is 7.05 Å². The van der Waals surface area contributed by atoms with Crippen LogP contribution in [0.1, 0.15) is 27.4 Å². The Morgan fingerprint density at radius 1 is 1.40 bits per heavy atom. The molecule has 6 nitrogen and oxygen atoms in total. The van der Waals surface area contributed by atoms with Gasteiger partial charge in [0.2, 0.25) is 0 Å². The SMILES string of the molecule is Cc1ccccc1CN(C)Cc1cc(C(=O)NN)no1. The lowest BCUT2D eigenvalue weighted by molar-refractivity contribution is 0.0944. The molecule has 106 valence electrons. The van der Waals surface area contributed by atoms with E-state index in [2.05, 4.69) is 29.1 Å². The number of carbonyl (C=O) groups excluding carboxylic acids is 1. The monoisotopic (exact) mass is 274 g/mol. The number of carbonyl (C=O) groups is 1. The average molecular weight is 274 g/mol. The van der Waals surface area contributed by atoms with E-state index in [1.807, 2.05) is 24.6 Å². The molecule has 0 aliphatic rings. The number of nitrogen functional groups attached to an aromatic ring is 1. The number of benzene rings is 1. The van der Waals surface area contributed by atoms with E-state index < -0.39 is 5.91 Å². The summed E-state index contributed by atoms with van der Waals surface area (Å²) < 4.78 is 5.12. The Morgan fingerprint density at radius 2 is 2.15 bits per heavy atom. The highest BCUT2D eigenvalue weighted by Crippen LogP contribution is 2.12. The summed E-state index contributed by atoms with van der Waals surface area (Å²) in [5.41, 5.74) is 4.72. The van der Waals surface area contributed by atoms with Gasteiger partial charge in [0.15, 0.2) is 11.5 Å². The van der Waals surface area contributed by atoms with E-state index in [9.17, 15) is 4.79 Å². The van der Waals surface area contributed by atoms with Gasteiger partial charge in [0.1, 0.15) is 0 Å². The fourth-order valence-corrected chi connectivity index (χ4v) is 1.97. The number of amides is 1. The van der Waals surface area contributed by atoms with Crippen LogP contribution in [-0.4, -0.2) is 23.0 Å². The summed E-state index contributed by atoms with van der Waals surface area (Å²) in [6.45, 7) is 3.45. The zero-order chi connectivity index (χ0) is 14.5. The summed E-state index contributed by atoms with van der Waals surface area (Å²) in [4.78, 5) is 13.4. The Balaban J connectivity index is 1.98. The lowest BCUT2D eigenvalue weighted by Crippen LogP contribution is -2.30. The van der Waals surface area contributed by atoms with Gasteiger partial charge in [-0.05, 0) is 25.1 Å². The molecule has 1 heterocycles. The van der Waals surface area contributed by atoms with Gasteiger partial charge in [-0.1, -0.05) is 29.4 Å². The van der Waals surface area contributed by atoms with Crippen molar-refractivity contribution in [2.45, 2.75) is 20.0 Å². The topological polar surface area (TPSA) is 84.4 Å². The van der Waals surface area contributed by atoms with E-state index in [0.717, 1.165) is 6.54 Å². The Labute approximate surface area is 117 Å². The minimum Gasteiger partial charge on any atom is -0.359 e. The van der Waals surface area contributed by atoms with E-state index in [-0.39, 0.29) is 5.69 Å². The molecule has 3 N–H and O–H groups in total. The van der Waals surface area contributed by atoms with Crippen LogP contribution in [0.2, 0.25) is 0 Å². The quantitative estimate of drug-likeness (QED) is 0.486. The maximum absolute atomic E-state index is 11.3. The first kappa shape index (κ1) is 14.2. The summed E-state index contributed by atoms with van der Waals surface area (Å²) in [5, 5.41) is 3.67. The normalized spacial score (nSPS) is 10.8. The third-order valence-corrected chi connectivity index (χ3v) is 3.05. The number of aryl methyl sites for hydroxylation is 1. The first-order chi connectivity index (χ1) is 9.60. The number of nitrogens with two attached hydrogens (primary N) is 1. The third-order valence-electron chi connectivity index (χ3n) is 3.05. The van der Waals surface area contributed by atoms with Crippen molar-refractivity contribution in [1.82, 2.24) is 15.5 Å². The molecule has 0 unspecified atom stereocenters. The van der Waals surface area contributed by atoms with Crippen LogP contribution < -0.4 is 11.3 Å². The van der Waals surface area contributed by atoms with Gasteiger partial charge in [0, 0.05) is 12.6 Å². The molecule has 0 radical (unpaired) electrons. The molecule has 1 aromatic heterocycles. The smallest absolute Gasteiger partial charge is 0.287 e. The molecular weight excluding hydrogens is 256 g/mol. The molecule has 2 rings (SSSR count). The molecule has 0 fully saturated rings. The second-order valence-corrected chi connectivity index (χ2v) is 4.75. The minimum absolute atomic E-state index is 0.187. The lowest BCUT2D eigenvalue weighted by Gasteiger charge is -2.16. The Bertz CT molecular complexity index is 594. The predicted molar refractivity (Wildman–Crippen MR) is 74.5 cm³/mol. The first-order valence-electron chi connectivity index (χ1n) is 6.29. The molecule has 20 heavy (non-hydrogen) atoms. The summed E-state index contributed by atoms with van der Waals surface area (Å²) in [5.74, 6) is 5.21.